The molecule has 0 atom stereocenters. The third kappa shape index (κ3) is 4.15. The maximum absolute atomic E-state index is 12.9. The van der Waals surface area contributed by atoms with Gasteiger partial charge in [0.25, 0.3) is 5.91 Å². The second-order valence-electron chi connectivity index (χ2n) is 6.69. The van der Waals surface area contributed by atoms with Crippen molar-refractivity contribution in [1.82, 2.24) is 9.62 Å². The van der Waals surface area contributed by atoms with Crippen molar-refractivity contribution in [2.75, 3.05) is 26.3 Å². The van der Waals surface area contributed by atoms with Gasteiger partial charge in [-0.05, 0) is 44.9 Å². The van der Waals surface area contributed by atoms with Crippen molar-refractivity contribution >= 4 is 15.9 Å². The number of ether oxygens (including phenoxy) is 1. The van der Waals surface area contributed by atoms with E-state index in [1.165, 1.54) is 10.4 Å². The smallest absolute Gasteiger partial charge is 0.251 e. The molecule has 0 spiro atoms. The van der Waals surface area contributed by atoms with E-state index in [0.29, 0.717) is 37.4 Å². The number of amides is 1. The van der Waals surface area contributed by atoms with Gasteiger partial charge in [0.15, 0.2) is 0 Å². The fourth-order valence-corrected chi connectivity index (χ4v) is 4.07. The fourth-order valence-electron chi connectivity index (χ4n) is 2.41. The van der Waals surface area contributed by atoms with Gasteiger partial charge < -0.3 is 10.1 Å². The van der Waals surface area contributed by atoms with Crippen LogP contribution in [0, 0.1) is 6.92 Å². The molecule has 0 aromatic heterocycles. The van der Waals surface area contributed by atoms with Gasteiger partial charge in [0.05, 0.1) is 18.1 Å². The van der Waals surface area contributed by atoms with Crippen LogP contribution in [-0.4, -0.2) is 50.5 Å². The lowest BCUT2D eigenvalue weighted by molar-refractivity contribution is 0.0730. The first-order valence-electron chi connectivity index (χ1n) is 8.18. The first-order chi connectivity index (χ1) is 11.2. The van der Waals surface area contributed by atoms with Gasteiger partial charge in [-0.1, -0.05) is 13.0 Å². The van der Waals surface area contributed by atoms with Gasteiger partial charge in [0.2, 0.25) is 10.0 Å². The maximum atomic E-state index is 12.9. The molecule has 1 aromatic rings. The van der Waals surface area contributed by atoms with E-state index in [-0.39, 0.29) is 16.3 Å². The average Bonchev–Trinajstić information content (AvgIpc) is 2.55. The number of nitrogens with zero attached hydrogens (tertiary/aromatic N) is 1. The monoisotopic (exact) mass is 354 g/mol. The van der Waals surface area contributed by atoms with Gasteiger partial charge >= 0.3 is 0 Å². The molecule has 2 rings (SSSR count). The summed E-state index contributed by atoms with van der Waals surface area (Å²) in [5.41, 5.74) is 0.646. The highest BCUT2D eigenvalue weighted by atomic mass is 32.2. The lowest BCUT2D eigenvalue weighted by atomic mass is 10.0. The van der Waals surface area contributed by atoms with Crippen molar-refractivity contribution in [3.05, 3.63) is 29.3 Å². The Labute approximate surface area is 144 Å². The number of hydrogen-bond acceptors (Lipinski definition) is 4. The van der Waals surface area contributed by atoms with E-state index in [4.69, 9.17) is 4.74 Å². The summed E-state index contributed by atoms with van der Waals surface area (Å²) >= 11 is 0. The average molecular weight is 354 g/mol. The Morgan fingerprint density at radius 1 is 1.29 bits per heavy atom. The first-order valence-corrected chi connectivity index (χ1v) is 9.62. The molecule has 1 N–H and O–H groups in total. The van der Waals surface area contributed by atoms with E-state index in [2.05, 4.69) is 5.32 Å². The first kappa shape index (κ1) is 18.9. The SMILES string of the molecule is CCC(C)(C)NC(=O)c1ccc(C)c(S(=O)(=O)N2CCOCC2)c1. The zero-order valence-electron chi connectivity index (χ0n) is 14.8. The second kappa shape index (κ2) is 7.21. The molecule has 6 nitrogen and oxygen atoms in total. The number of morpholine rings is 1. The lowest BCUT2D eigenvalue weighted by Gasteiger charge is -2.27. The Kier molecular flexibility index (Phi) is 5.67. The zero-order chi connectivity index (χ0) is 18.0. The Morgan fingerprint density at radius 3 is 2.50 bits per heavy atom. The van der Waals surface area contributed by atoms with Gasteiger partial charge in [-0.2, -0.15) is 4.31 Å². The third-order valence-electron chi connectivity index (χ3n) is 4.37. The summed E-state index contributed by atoms with van der Waals surface area (Å²) in [6, 6.07) is 4.82. The molecule has 1 aliphatic heterocycles. The molecular weight excluding hydrogens is 328 g/mol. The molecule has 1 aliphatic rings. The Hall–Kier alpha value is -1.44. The molecule has 24 heavy (non-hydrogen) atoms. The molecule has 1 aromatic carbocycles. The van der Waals surface area contributed by atoms with Gasteiger partial charge in [-0.3, -0.25) is 4.79 Å². The molecule has 1 amide bonds. The summed E-state index contributed by atoms with van der Waals surface area (Å²) in [4.78, 5) is 12.6. The molecule has 0 aliphatic carbocycles. The number of carbonyl (C=O) groups is 1. The van der Waals surface area contributed by atoms with Gasteiger partial charge in [-0.25, -0.2) is 8.42 Å². The van der Waals surface area contributed by atoms with Gasteiger partial charge in [0, 0.05) is 24.2 Å². The standard InChI is InChI=1S/C17H26N2O4S/c1-5-17(3,4)18-16(20)14-7-6-13(2)15(12-14)24(21,22)19-8-10-23-11-9-19/h6-7,12H,5,8-11H2,1-4H3,(H,18,20). The van der Waals surface area contributed by atoms with Crippen LogP contribution in [0.4, 0.5) is 0 Å². The zero-order valence-corrected chi connectivity index (χ0v) is 15.6. The van der Waals surface area contributed by atoms with Crippen molar-refractivity contribution in [3.8, 4) is 0 Å². The Bertz CT molecular complexity index is 707. The Balaban J connectivity index is 2.33. The van der Waals surface area contributed by atoms with Crippen molar-refractivity contribution in [2.45, 2.75) is 44.6 Å². The quantitative estimate of drug-likeness (QED) is 0.877. The normalized spacial score (nSPS) is 16.8. The summed E-state index contributed by atoms with van der Waals surface area (Å²) in [7, 11) is -3.62. The van der Waals surface area contributed by atoms with Crippen molar-refractivity contribution in [1.29, 1.82) is 0 Å². The molecule has 0 saturated carbocycles. The van der Waals surface area contributed by atoms with Crippen molar-refractivity contribution in [2.24, 2.45) is 0 Å². The minimum absolute atomic E-state index is 0.186. The van der Waals surface area contributed by atoms with Crippen LogP contribution in [0.3, 0.4) is 0 Å². The van der Waals surface area contributed by atoms with Crippen LogP contribution < -0.4 is 5.32 Å². The molecule has 7 heteroatoms. The van der Waals surface area contributed by atoms with Crippen LogP contribution in [0.25, 0.3) is 0 Å². The molecule has 1 heterocycles. The number of aryl methyl sites for hydroxylation is 1. The van der Waals surface area contributed by atoms with Gasteiger partial charge in [0.1, 0.15) is 0 Å². The summed E-state index contributed by atoms with van der Waals surface area (Å²) < 4.78 is 32.4. The van der Waals surface area contributed by atoms with Crippen LogP contribution in [0.2, 0.25) is 0 Å². The second-order valence-corrected chi connectivity index (χ2v) is 8.59. The topological polar surface area (TPSA) is 75.7 Å². The predicted octanol–water partition coefficient (Wildman–Crippen LogP) is 1.93. The van der Waals surface area contributed by atoms with Crippen LogP contribution in [0.1, 0.15) is 43.1 Å². The molecule has 0 radical (unpaired) electrons. The molecule has 0 unspecified atom stereocenters. The van der Waals surface area contributed by atoms with E-state index in [1.807, 2.05) is 20.8 Å². The fraction of sp³-hybridized carbons (Fsp3) is 0.588. The van der Waals surface area contributed by atoms with E-state index in [0.717, 1.165) is 6.42 Å². The van der Waals surface area contributed by atoms with Crippen LogP contribution in [0.5, 0.6) is 0 Å². The predicted molar refractivity (Wildman–Crippen MR) is 92.6 cm³/mol. The molecule has 1 saturated heterocycles. The maximum Gasteiger partial charge on any atom is 0.251 e. The summed E-state index contributed by atoms with van der Waals surface area (Å²) in [6.07, 6.45) is 0.781. The lowest BCUT2D eigenvalue weighted by Crippen LogP contribution is -2.43. The highest BCUT2D eigenvalue weighted by Gasteiger charge is 2.29. The molecule has 134 valence electrons. The van der Waals surface area contributed by atoms with Crippen molar-refractivity contribution < 1.29 is 17.9 Å². The highest BCUT2D eigenvalue weighted by molar-refractivity contribution is 7.89. The number of carbonyl (C=O) groups excluding carboxylic acids is 1. The largest absolute Gasteiger partial charge is 0.379 e. The van der Waals surface area contributed by atoms with E-state index in [9.17, 15) is 13.2 Å². The molecular formula is C17H26N2O4S. The summed E-state index contributed by atoms with van der Waals surface area (Å²) in [5, 5.41) is 2.93. The van der Waals surface area contributed by atoms with E-state index >= 15 is 0 Å². The van der Waals surface area contributed by atoms with Crippen LogP contribution >= 0.6 is 0 Å². The molecule has 1 fully saturated rings. The number of hydrogen-bond donors (Lipinski definition) is 1. The summed E-state index contributed by atoms with van der Waals surface area (Å²) in [5.74, 6) is -0.264. The van der Waals surface area contributed by atoms with Crippen molar-refractivity contribution in [3.63, 3.8) is 0 Å². The highest BCUT2D eigenvalue weighted by Crippen LogP contribution is 2.22. The van der Waals surface area contributed by atoms with E-state index in [1.54, 1.807) is 19.1 Å². The van der Waals surface area contributed by atoms with E-state index < -0.39 is 10.0 Å². The number of rotatable bonds is 5. The molecule has 0 bridgehead atoms. The van der Waals surface area contributed by atoms with Crippen LogP contribution in [0.15, 0.2) is 23.1 Å². The third-order valence-corrected chi connectivity index (χ3v) is 6.41. The number of benzene rings is 1. The number of nitrogens with one attached hydrogen (secondary N) is 1. The number of sulfonamides is 1. The summed E-state index contributed by atoms with van der Waals surface area (Å²) in [6.45, 7) is 9.05. The van der Waals surface area contributed by atoms with Gasteiger partial charge in [-0.15, -0.1) is 0 Å². The minimum atomic E-state index is -3.62. The minimum Gasteiger partial charge on any atom is -0.379 e. The van der Waals surface area contributed by atoms with Crippen LogP contribution in [-0.2, 0) is 14.8 Å². The Morgan fingerprint density at radius 2 is 1.92 bits per heavy atom.